The summed E-state index contributed by atoms with van der Waals surface area (Å²) < 4.78 is 15.8. The number of aliphatic carboxylic acids is 1. The highest BCUT2D eigenvalue weighted by molar-refractivity contribution is 6.00. The summed E-state index contributed by atoms with van der Waals surface area (Å²) in [7, 11) is 1.49. The predicted octanol–water partition coefficient (Wildman–Crippen LogP) is 0.338. The van der Waals surface area contributed by atoms with E-state index in [2.05, 4.69) is 5.32 Å². The van der Waals surface area contributed by atoms with Crippen molar-refractivity contribution in [3.05, 3.63) is 17.7 Å². The van der Waals surface area contributed by atoms with Crippen LogP contribution in [-0.2, 0) is 9.59 Å². The zero-order chi connectivity index (χ0) is 14.3. The monoisotopic (exact) mass is 279 g/mol. The number of ether oxygens (including phenoxy) is 3. The van der Waals surface area contributed by atoms with E-state index >= 15 is 0 Å². The average Bonchev–Trinajstić information content (AvgIpc) is 3.03. The molecule has 2 N–H and O–H groups in total. The van der Waals surface area contributed by atoms with Crippen molar-refractivity contribution in [1.29, 1.82) is 0 Å². The van der Waals surface area contributed by atoms with Gasteiger partial charge in [-0.15, -0.1) is 0 Å². The number of fused-ring (bicyclic) bond motifs is 1. The van der Waals surface area contributed by atoms with E-state index in [0.29, 0.717) is 22.8 Å². The largest absolute Gasteiger partial charge is 0.493 e. The first-order chi connectivity index (χ1) is 9.61. The van der Waals surface area contributed by atoms with E-state index in [1.165, 1.54) is 7.11 Å². The Bertz CT molecular complexity index is 584. The van der Waals surface area contributed by atoms with E-state index in [0.717, 1.165) is 0 Å². The summed E-state index contributed by atoms with van der Waals surface area (Å²) in [5.41, 5.74) is 0.678. The summed E-state index contributed by atoms with van der Waals surface area (Å²) in [6, 6.07) is 3.39. The molecule has 1 fully saturated rings. The van der Waals surface area contributed by atoms with Crippen LogP contribution in [0.4, 0.5) is 0 Å². The molecule has 0 unspecified atom stereocenters. The van der Waals surface area contributed by atoms with Crippen molar-refractivity contribution in [1.82, 2.24) is 5.32 Å². The molecular weight excluding hydrogens is 266 g/mol. The smallest absolute Gasteiger partial charge is 0.316 e. The van der Waals surface area contributed by atoms with Crippen molar-refractivity contribution in [2.75, 3.05) is 20.4 Å². The first kappa shape index (κ1) is 12.6. The van der Waals surface area contributed by atoms with Gasteiger partial charge in [0.05, 0.1) is 7.11 Å². The van der Waals surface area contributed by atoms with Gasteiger partial charge in [-0.1, -0.05) is 0 Å². The Morgan fingerprint density at radius 1 is 1.45 bits per heavy atom. The number of hydrogen-bond donors (Lipinski definition) is 2. The molecule has 0 aromatic heterocycles. The molecule has 0 radical (unpaired) electrons. The van der Waals surface area contributed by atoms with Gasteiger partial charge in [0.25, 0.3) is 0 Å². The molecule has 1 saturated heterocycles. The van der Waals surface area contributed by atoms with Gasteiger partial charge in [-0.05, 0) is 17.7 Å². The van der Waals surface area contributed by atoms with Gasteiger partial charge in [0.1, 0.15) is 5.92 Å². The highest BCUT2D eigenvalue weighted by Gasteiger charge is 2.42. The third-order valence-electron chi connectivity index (χ3n) is 3.56. The van der Waals surface area contributed by atoms with Crippen LogP contribution < -0.4 is 19.5 Å². The van der Waals surface area contributed by atoms with Crippen molar-refractivity contribution in [2.24, 2.45) is 5.92 Å². The number of nitrogens with one attached hydrogen (secondary N) is 1. The standard InChI is InChI=1S/C13H13NO6/c1-18-8-2-6(3-9-11(8)20-5-19-9)7-4-14-12(15)10(7)13(16)17/h2-3,7,10H,4-5H2,1H3,(H,14,15)(H,16,17)/t7-,10-/m1/s1. The summed E-state index contributed by atoms with van der Waals surface area (Å²) in [5, 5.41) is 11.8. The zero-order valence-corrected chi connectivity index (χ0v) is 10.7. The maximum absolute atomic E-state index is 11.6. The second-order valence-corrected chi connectivity index (χ2v) is 4.62. The first-order valence-corrected chi connectivity index (χ1v) is 6.10. The number of methoxy groups -OCH3 is 1. The fourth-order valence-electron chi connectivity index (χ4n) is 2.58. The van der Waals surface area contributed by atoms with Crippen molar-refractivity contribution in [3.63, 3.8) is 0 Å². The van der Waals surface area contributed by atoms with Crippen LogP contribution in [0.5, 0.6) is 17.2 Å². The molecule has 0 saturated carbocycles. The Kier molecular flexibility index (Phi) is 2.89. The van der Waals surface area contributed by atoms with Gasteiger partial charge in [-0.25, -0.2) is 0 Å². The van der Waals surface area contributed by atoms with Gasteiger partial charge < -0.3 is 24.6 Å². The maximum Gasteiger partial charge on any atom is 0.316 e. The molecule has 7 heteroatoms. The fraction of sp³-hybridized carbons (Fsp3) is 0.385. The summed E-state index contributed by atoms with van der Waals surface area (Å²) >= 11 is 0. The van der Waals surface area contributed by atoms with E-state index in [1.54, 1.807) is 12.1 Å². The number of hydrogen-bond acceptors (Lipinski definition) is 5. The van der Waals surface area contributed by atoms with Crippen molar-refractivity contribution >= 4 is 11.9 Å². The lowest BCUT2D eigenvalue weighted by atomic mass is 9.88. The van der Waals surface area contributed by atoms with E-state index < -0.39 is 23.7 Å². The van der Waals surface area contributed by atoms with Crippen molar-refractivity contribution in [2.45, 2.75) is 5.92 Å². The Morgan fingerprint density at radius 3 is 2.95 bits per heavy atom. The quantitative estimate of drug-likeness (QED) is 0.775. The Morgan fingerprint density at radius 2 is 2.25 bits per heavy atom. The molecule has 0 aliphatic carbocycles. The molecule has 7 nitrogen and oxygen atoms in total. The highest BCUT2D eigenvalue weighted by atomic mass is 16.7. The second kappa shape index (κ2) is 4.59. The van der Waals surface area contributed by atoms with Crippen LogP contribution in [0, 0.1) is 5.92 Å². The normalized spacial score (nSPS) is 23.6. The minimum atomic E-state index is -1.14. The van der Waals surface area contributed by atoms with E-state index in [9.17, 15) is 14.7 Å². The summed E-state index contributed by atoms with van der Waals surface area (Å²) in [6.07, 6.45) is 0. The second-order valence-electron chi connectivity index (χ2n) is 4.62. The molecular formula is C13H13NO6. The Labute approximate surface area is 114 Å². The summed E-state index contributed by atoms with van der Waals surface area (Å²) in [6.45, 7) is 0.373. The van der Waals surface area contributed by atoms with Crippen LogP contribution in [-0.4, -0.2) is 37.4 Å². The number of carboxylic acid groups (broad SMARTS) is 1. The number of rotatable bonds is 3. The fourth-order valence-corrected chi connectivity index (χ4v) is 2.58. The van der Waals surface area contributed by atoms with Crippen LogP contribution in [0.15, 0.2) is 12.1 Å². The third kappa shape index (κ3) is 1.82. The number of amides is 1. The van der Waals surface area contributed by atoms with Gasteiger partial charge in [0.2, 0.25) is 18.4 Å². The summed E-state index contributed by atoms with van der Waals surface area (Å²) in [4.78, 5) is 22.8. The van der Waals surface area contributed by atoms with Crippen LogP contribution in [0.2, 0.25) is 0 Å². The molecule has 20 heavy (non-hydrogen) atoms. The Hall–Kier alpha value is -2.44. The van der Waals surface area contributed by atoms with Gasteiger partial charge >= 0.3 is 5.97 Å². The number of carbonyl (C=O) groups excluding carboxylic acids is 1. The lowest BCUT2D eigenvalue weighted by Gasteiger charge is -2.15. The van der Waals surface area contributed by atoms with Crippen LogP contribution in [0.25, 0.3) is 0 Å². The van der Waals surface area contributed by atoms with Crippen molar-refractivity contribution < 1.29 is 28.9 Å². The molecule has 0 bridgehead atoms. The van der Waals surface area contributed by atoms with Gasteiger partial charge in [0.15, 0.2) is 11.5 Å². The molecule has 1 aromatic carbocycles. The molecule has 1 aromatic rings. The molecule has 0 spiro atoms. The lowest BCUT2D eigenvalue weighted by molar-refractivity contribution is -0.145. The van der Waals surface area contributed by atoms with Gasteiger partial charge in [-0.2, -0.15) is 0 Å². The summed E-state index contributed by atoms with van der Waals surface area (Å²) in [5.74, 6) is -1.69. The van der Waals surface area contributed by atoms with E-state index in [-0.39, 0.29) is 13.3 Å². The SMILES string of the molecule is COc1cc([C@H]2CNC(=O)[C@@H]2C(=O)O)cc2c1OCO2. The average molecular weight is 279 g/mol. The molecule has 2 atom stereocenters. The molecule has 3 rings (SSSR count). The first-order valence-electron chi connectivity index (χ1n) is 6.10. The predicted molar refractivity (Wildman–Crippen MR) is 66.0 cm³/mol. The topological polar surface area (TPSA) is 94.1 Å². The molecule has 2 aliphatic rings. The highest BCUT2D eigenvalue weighted by Crippen LogP contribution is 2.44. The lowest BCUT2D eigenvalue weighted by Crippen LogP contribution is -2.26. The third-order valence-corrected chi connectivity index (χ3v) is 3.56. The van der Waals surface area contributed by atoms with E-state index in [4.69, 9.17) is 14.2 Å². The van der Waals surface area contributed by atoms with E-state index in [1.807, 2.05) is 0 Å². The maximum atomic E-state index is 11.6. The Balaban J connectivity index is 2.02. The van der Waals surface area contributed by atoms with Crippen LogP contribution in [0.3, 0.4) is 0 Å². The number of benzene rings is 1. The zero-order valence-electron chi connectivity index (χ0n) is 10.7. The minimum absolute atomic E-state index is 0.0966. The van der Waals surface area contributed by atoms with Crippen molar-refractivity contribution in [3.8, 4) is 17.2 Å². The number of carboxylic acids is 1. The molecule has 1 amide bonds. The van der Waals surface area contributed by atoms with Crippen LogP contribution in [0.1, 0.15) is 11.5 Å². The molecule has 2 heterocycles. The van der Waals surface area contributed by atoms with Gasteiger partial charge in [0, 0.05) is 12.5 Å². The molecule has 106 valence electrons. The number of carbonyl (C=O) groups is 2. The minimum Gasteiger partial charge on any atom is -0.493 e. The molecule has 2 aliphatic heterocycles. The van der Waals surface area contributed by atoms with Gasteiger partial charge in [-0.3, -0.25) is 9.59 Å². The van der Waals surface area contributed by atoms with Crippen LogP contribution >= 0.6 is 0 Å².